The van der Waals surface area contributed by atoms with Gasteiger partial charge in [0.2, 0.25) is 0 Å². The van der Waals surface area contributed by atoms with Gasteiger partial charge in [0.1, 0.15) is 5.75 Å². The van der Waals surface area contributed by atoms with Crippen LogP contribution in [0.4, 0.5) is 10.5 Å². The van der Waals surface area contributed by atoms with Gasteiger partial charge >= 0.3 is 6.03 Å². The summed E-state index contributed by atoms with van der Waals surface area (Å²) in [6.07, 6.45) is 0.780. The number of carbonyl (C=O) groups excluding carboxylic acids is 1. The zero-order valence-electron chi connectivity index (χ0n) is 13.3. The van der Waals surface area contributed by atoms with E-state index in [-0.39, 0.29) is 12.1 Å². The standard InChI is InChI=1S/C18H21ClN2O2/c1-3-15(13-9-11-14(19)12-10-13)20-18(22)21-16-7-5-6-8-17(16)23-4-2/h5-12,15H,3-4H2,1-2H3,(H2,20,21,22)/t15-/m0/s1. The van der Waals surface area contributed by atoms with Gasteiger partial charge in [-0.05, 0) is 43.2 Å². The Morgan fingerprint density at radius 3 is 2.48 bits per heavy atom. The van der Waals surface area contributed by atoms with Gasteiger partial charge in [-0.25, -0.2) is 4.79 Å². The molecule has 2 aromatic rings. The van der Waals surface area contributed by atoms with Crippen LogP contribution in [0.2, 0.25) is 5.02 Å². The summed E-state index contributed by atoms with van der Waals surface area (Å²) in [4.78, 5) is 12.3. The molecule has 2 amide bonds. The van der Waals surface area contributed by atoms with Crippen molar-refractivity contribution in [1.29, 1.82) is 0 Å². The van der Waals surface area contributed by atoms with Crippen LogP contribution in [0.3, 0.4) is 0 Å². The number of urea groups is 1. The van der Waals surface area contributed by atoms with Crippen molar-refractivity contribution in [2.45, 2.75) is 26.3 Å². The van der Waals surface area contributed by atoms with E-state index < -0.39 is 0 Å². The first-order valence-corrected chi connectivity index (χ1v) is 8.06. The smallest absolute Gasteiger partial charge is 0.319 e. The van der Waals surface area contributed by atoms with Crippen molar-refractivity contribution in [2.75, 3.05) is 11.9 Å². The molecule has 0 bridgehead atoms. The lowest BCUT2D eigenvalue weighted by atomic mass is 10.1. The summed E-state index contributed by atoms with van der Waals surface area (Å²) in [6, 6.07) is 14.5. The summed E-state index contributed by atoms with van der Waals surface area (Å²) >= 11 is 5.91. The van der Waals surface area contributed by atoms with Gasteiger partial charge in [-0.2, -0.15) is 0 Å². The van der Waals surface area contributed by atoms with E-state index in [1.807, 2.05) is 62.4 Å². The summed E-state index contributed by atoms with van der Waals surface area (Å²) in [5.74, 6) is 0.657. The molecule has 2 rings (SSSR count). The number of para-hydroxylation sites is 2. The molecule has 5 heteroatoms. The molecule has 23 heavy (non-hydrogen) atoms. The van der Waals surface area contributed by atoms with Crippen molar-refractivity contribution in [2.24, 2.45) is 0 Å². The first-order valence-electron chi connectivity index (χ1n) is 7.68. The van der Waals surface area contributed by atoms with Crippen LogP contribution in [-0.2, 0) is 0 Å². The summed E-state index contributed by atoms with van der Waals surface area (Å²) in [7, 11) is 0. The number of rotatable bonds is 6. The Labute approximate surface area is 141 Å². The molecule has 0 aliphatic heterocycles. The van der Waals surface area contributed by atoms with E-state index in [0.29, 0.717) is 23.1 Å². The Morgan fingerprint density at radius 1 is 1.13 bits per heavy atom. The van der Waals surface area contributed by atoms with Crippen molar-refractivity contribution >= 4 is 23.3 Å². The molecule has 0 unspecified atom stereocenters. The molecule has 0 aliphatic carbocycles. The van der Waals surface area contributed by atoms with E-state index in [9.17, 15) is 4.79 Å². The second-order valence-electron chi connectivity index (χ2n) is 5.04. The minimum Gasteiger partial charge on any atom is -0.492 e. The Kier molecular flexibility index (Phi) is 6.29. The molecule has 0 aromatic heterocycles. The molecule has 0 fully saturated rings. The molecular formula is C18H21ClN2O2. The molecule has 0 saturated carbocycles. The van der Waals surface area contributed by atoms with Crippen molar-refractivity contribution in [3.63, 3.8) is 0 Å². The van der Waals surface area contributed by atoms with Crippen LogP contribution in [0, 0.1) is 0 Å². The van der Waals surface area contributed by atoms with Crippen LogP contribution in [0.25, 0.3) is 0 Å². The van der Waals surface area contributed by atoms with Gasteiger partial charge in [0, 0.05) is 5.02 Å². The lowest BCUT2D eigenvalue weighted by molar-refractivity contribution is 0.248. The zero-order valence-corrected chi connectivity index (χ0v) is 14.1. The average molecular weight is 333 g/mol. The quantitative estimate of drug-likeness (QED) is 0.781. The number of anilines is 1. The van der Waals surface area contributed by atoms with Gasteiger partial charge in [-0.3, -0.25) is 0 Å². The Bertz CT molecular complexity index is 644. The van der Waals surface area contributed by atoms with E-state index in [2.05, 4.69) is 10.6 Å². The van der Waals surface area contributed by atoms with E-state index in [1.54, 1.807) is 0 Å². The minimum atomic E-state index is -0.265. The fourth-order valence-corrected chi connectivity index (χ4v) is 2.41. The number of carbonyl (C=O) groups is 1. The molecule has 4 nitrogen and oxygen atoms in total. The number of hydrogen-bond acceptors (Lipinski definition) is 2. The number of hydrogen-bond donors (Lipinski definition) is 2. The summed E-state index contributed by atoms with van der Waals surface area (Å²) in [5.41, 5.74) is 1.67. The Balaban J connectivity index is 2.04. The maximum absolute atomic E-state index is 12.3. The largest absolute Gasteiger partial charge is 0.492 e. The lowest BCUT2D eigenvalue weighted by Gasteiger charge is -2.19. The average Bonchev–Trinajstić information content (AvgIpc) is 2.55. The van der Waals surface area contributed by atoms with Crippen molar-refractivity contribution < 1.29 is 9.53 Å². The van der Waals surface area contributed by atoms with Gasteiger partial charge in [0.25, 0.3) is 0 Å². The highest BCUT2D eigenvalue weighted by molar-refractivity contribution is 6.30. The number of benzene rings is 2. The van der Waals surface area contributed by atoms with E-state index in [1.165, 1.54) is 0 Å². The van der Waals surface area contributed by atoms with Crippen molar-refractivity contribution in [3.05, 3.63) is 59.1 Å². The van der Waals surface area contributed by atoms with E-state index in [4.69, 9.17) is 16.3 Å². The third-order valence-electron chi connectivity index (χ3n) is 3.42. The number of amides is 2. The molecule has 2 N–H and O–H groups in total. The fourth-order valence-electron chi connectivity index (χ4n) is 2.28. The normalized spacial score (nSPS) is 11.6. The van der Waals surface area contributed by atoms with Gasteiger partial charge in [-0.15, -0.1) is 0 Å². The SMILES string of the molecule is CCOc1ccccc1NC(=O)N[C@@H](CC)c1ccc(Cl)cc1. The maximum atomic E-state index is 12.3. The molecule has 0 spiro atoms. The molecule has 0 aliphatic rings. The van der Waals surface area contributed by atoms with Gasteiger partial charge in [0.05, 0.1) is 18.3 Å². The minimum absolute atomic E-state index is 0.0773. The lowest BCUT2D eigenvalue weighted by Crippen LogP contribution is -2.32. The Morgan fingerprint density at radius 2 is 1.83 bits per heavy atom. The molecule has 2 aromatic carbocycles. The fraction of sp³-hybridized carbons (Fsp3) is 0.278. The first kappa shape index (κ1) is 17.2. The monoisotopic (exact) mass is 332 g/mol. The summed E-state index contributed by atoms with van der Waals surface area (Å²) in [6.45, 7) is 4.47. The topological polar surface area (TPSA) is 50.4 Å². The van der Waals surface area contributed by atoms with E-state index in [0.717, 1.165) is 12.0 Å². The van der Waals surface area contributed by atoms with Crippen LogP contribution >= 0.6 is 11.6 Å². The second kappa shape index (κ2) is 8.44. The highest BCUT2D eigenvalue weighted by atomic mass is 35.5. The zero-order chi connectivity index (χ0) is 16.7. The highest BCUT2D eigenvalue weighted by Crippen LogP contribution is 2.24. The number of halogens is 1. The Hall–Kier alpha value is -2.20. The first-order chi connectivity index (χ1) is 11.1. The third-order valence-corrected chi connectivity index (χ3v) is 3.67. The van der Waals surface area contributed by atoms with Crippen molar-refractivity contribution in [1.82, 2.24) is 5.32 Å². The van der Waals surface area contributed by atoms with Crippen LogP contribution in [0.1, 0.15) is 31.9 Å². The van der Waals surface area contributed by atoms with Crippen molar-refractivity contribution in [3.8, 4) is 5.75 Å². The predicted octanol–water partition coefficient (Wildman–Crippen LogP) is 5.01. The second-order valence-corrected chi connectivity index (χ2v) is 5.48. The molecular weight excluding hydrogens is 312 g/mol. The van der Waals surface area contributed by atoms with Gasteiger partial charge < -0.3 is 15.4 Å². The van der Waals surface area contributed by atoms with Gasteiger partial charge in [-0.1, -0.05) is 42.8 Å². The van der Waals surface area contributed by atoms with E-state index >= 15 is 0 Å². The molecule has 0 saturated heterocycles. The van der Waals surface area contributed by atoms with Crippen LogP contribution in [0.5, 0.6) is 5.75 Å². The van der Waals surface area contributed by atoms with Crippen LogP contribution in [0.15, 0.2) is 48.5 Å². The predicted molar refractivity (Wildman–Crippen MR) is 94.2 cm³/mol. The summed E-state index contributed by atoms with van der Waals surface area (Å²) < 4.78 is 5.51. The van der Waals surface area contributed by atoms with Crippen LogP contribution in [-0.4, -0.2) is 12.6 Å². The maximum Gasteiger partial charge on any atom is 0.319 e. The molecule has 122 valence electrons. The molecule has 1 atom stereocenters. The molecule has 0 radical (unpaired) electrons. The highest BCUT2D eigenvalue weighted by Gasteiger charge is 2.14. The van der Waals surface area contributed by atoms with Crippen LogP contribution < -0.4 is 15.4 Å². The third kappa shape index (κ3) is 4.89. The number of ether oxygens (including phenoxy) is 1. The summed E-state index contributed by atoms with van der Waals surface area (Å²) in [5, 5.41) is 6.49. The molecule has 0 heterocycles. The van der Waals surface area contributed by atoms with Gasteiger partial charge in [0.15, 0.2) is 0 Å². The number of nitrogens with one attached hydrogen (secondary N) is 2.